The fourth-order valence-electron chi connectivity index (χ4n) is 1.59. The minimum atomic E-state index is -0.308. The molecule has 0 aromatic carbocycles. The zero-order valence-corrected chi connectivity index (χ0v) is 10.3. The Morgan fingerprint density at radius 1 is 1.71 bits per heavy atom. The Bertz CT molecular complexity index is 419. The van der Waals surface area contributed by atoms with Gasteiger partial charge in [0.05, 0.1) is 13.2 Å². The highest BCUT2D eigenvalue weighted by molar-refractivity contribution is 6.34. The molecule has 1 aromatic heterocycles. The Morgan fingerprint density at radius 3 is 3.24 bits per heavy atom. The van der Waals surface area contributed by atoms with E-state index in [-0.39, 0.29) is 16.6 Å². The van der Waals surface area contributed by atoms with E-state index in [1.54, 1.807) is 11.8 Å². The molecule has 1 aliphatic heterocycles. The molecule has 1 N–H and O–H groups in total. The summed E-state index contributed by atoms with van der Waals surface area (Å²) in [6.07, 6.45) is 0.871. The van der Waals surface area contributed by atoms with E-state index in [0.717, 1.165) is 13.0 Å². The molecule has 0 fully saturated rings. The van der Waals surface area contributed by atoms with Crippen LogP contribution in [0.5, 0.6) is 5.88 Å². The van der Waals surface area contributed by atoms with Gasteiger partial charge in [-0.1, -0.05) is 11.6 Å². The first-order chi connectivity index (χ1) is 8.24. The van der Waals surface area contributed by atoms with E-state index >= 15 is 0 Å². The lowest BCUT2D eigenvalue weighted by Crippen LogP contribution is -2.27. The van der Waals surface area contributed by atoms with Crippen molar-refractivity contribution < 1.29 is 14.3 Å². The maximum Gasteiger partial charge on any atom is 0.273 e. The van der Waals surface area contributed by atoms with Crippen LogP contribution in [0.2, 0.25) is 5.02 Å². The number of hydrogen-bond acceptors (Lipinski definition) is 4. The smallest absolute Gasteiger partial charge is 0.273 e. The molecule has 0 bridgehead atoms. The number of nitrogens with one attached hydrogen (secondary N) is 1. The van der Waals surface area contributed by atoms with Gasteiger partial charge in [0, 0.05) is 26.6 Å². The number of hydrogen-bond donors (Lipinski definition) is 1. The average Bonchev–Trinajstić information content (AvgIpc) is 2.68. The van der Waals surface area contributed by atoms with Crippen molar-refractivity contribution in [3.8, 4) is 5.88 Å². The van der Waals surface area contributed by atoms with Gasteiger partial charge in [-0.05, 0) is 0 Å². The van der Waals surface area contributed by atoms with Crippen LogP contribution in [0.4, 0.5) is 0 Å². The first kappa shape index (κ1) is 12.2. The van der Waals surface area contributed by atoms with Crippen LogP contribution in [0.25, 0.3) is 0 Å². The molecule has 0 atom stereocenters. The van der Waals surface area contributed by atoms with E-state index < -0.39 is 0 Å². The van der Waals surface area contributed by atoms with Gasteiger partial charge in [0.15, 0.2) is 5.69 Å². The lowest BCUT2D eigenvalue weighted by Gasteiger charge is -2.14. The molecule has 94 valence electrons. The molecule has 2 heterocycles. The third-order valence-corrected chi connectivity index (χ3v) is 2.75. The highest BCUT2D eigenvalue weighted by Crippen LogP contribution is 2.30. The number of halogens is 1. The van der Waals surface area contributed by atoms with Crippen molar-refractivity contribution in [1.82, 2.24) is 15.1 Å². The first-order valence-electron chi connectivity index (χ1n) is 5.40. The van der Waals surface area contributed by atoms with Gasteiger partial charge in [-0.15, -0.1) is 0 Å². The zero-order chi connectivity index (χ0) is 12.3. The minimum absolute atomic E-state index is 0.208. The fraction of sp³-hybridized carbons (Fsp3) is 0.600. The predicted molar refractivity (Wildman–Crippen MR) is 61.6 cm³/mol. The van der Waals surface area contributed by atoms with Crippen LogP contribution < -0.4 is 10.1 Å². The Morgan fingerprint density at radius 2 is 2.53 bits per heavy atom. The molecule has 1 aromatic rings. The van der Waals surface area contributed by atoms with Gasteiger partial charge in [0.1, 0.15) is 5.02 Å². The number of methoxy groups -OCH3 is 1. The second-order valence-electron chi connectivity index (χ2n) is 3.64. The first-order valence-corrected chi connectivity index (χ1v) is 5.78. The van der Waals surface area contributed by atoms with Crippen molar-refractivity contribution in [2.45, 2.75) is 13.0 Å². The van der Waals surface area contributed by atoms with Gasteiger partial charge in [-0.2, -0.15) is 5.10 Å². The number of ether oxygens (including phenoxy) is 2. The number of carbonyl (C=O) groups is 1. The number of rotatable bonds is 4. The number of nitrogens with zero attached hydrogens (tertiary/aromatic N) is 2. The van der Waals surface area contributed by atoms with Crippen LogP contribution >= 0.6 is 11.6 Å². The summed E-state index contributed by atoms with van der Waals surface area (Å²) < 4.78 is 11.8. The number of fused-ring (bicyclic) bond motifs is 1. The molecule has 0 radical (unpaired) electrons. The molecule has 6 nitrogen and oxygen atoms in total. The SMILES string of the molecule is COCCNC(=O)c1nn2c(c1Cl)OCCC2. The van der Waals surface area contributed by atoms with E-state index in [1.807, 2.05) is 0 Å². The van der Waals surface area contributed by atoms with Crippen molar-refractivity contribution in [1.29, 1.82) is 0 Å². The van der Waals surface area contributed by atoms with Crippen LogP contribution in [-0.4, -0.2) is 42.6 Å². The lowest BCUT2D eigenvalue weighted by atomic mass is 10.4. The maximum absolute atomic E-state index is 11.8. The quantitative estimate of drug-likeness (QED) is 0.809. The van der Waals surface area contributed by atoms with Crippen LogP contribution in [0.1, 0.15) is 16.9 Å². The summed E-state index contributed by atoms with van der Waals surface area (Å²) >= 11 is 6.05. The Hall–Kier alpha value is -1.27. The van der Waals surface area contributed by atoms with Crippen LogP contribution in [0, 0.1) is 0 Å². The summed E-state index contributed by atoms with van der Waals surface area (Å²) in [7, 11) is 1.57. The fourth-order valence-corrected chi connectivity index (χ4v) is 1.87. The van der Waals surface area contributed by atoms with Crippen LogP contribution in [-0.2, 0) is 11.3 Å². The zero-order valence-electron chi connectivity index (χ0n) is 9.53. The molecule has 0 spiro atoms. The molecule has 0 unspecified atom stereocenters. The van der Waals surface area contributed by atoms with Crippen molar-refractivity contribution >= 4 is 17.5 Å². The Labute approximate surface area is 104 Å². The highest BCUT2D eigenvalue weighted by Gasteiger charge is 2.24. The number of amides is 1. The molecule has 7 heteroatoms. The molecule has 0 aliphatic carbocycles. The molecule has 0 saturated carbocycles. The summed E-state index contributed by atoms with van der Waals surface area (Å²) in [6.45, 7) is 2.21. The Balaban J connectivity index is 2.10. The van der Waals surface area contributed by atoms with Crippen LogP contribution in [0.3, 0.4) is 0 Å². The van der Waals surface area contributed by atoms with E-state index in [9.17, 15) is 4.79 Å². The summed E-state index contributed by atoms with van der Waals surface area (Å²) in [5.41, 5.74) is 0.208. The molecule has 1 aliphatic rings. The van der Waals surface area contributed by atoms with Gasteiger partial charge in [0.25, 0.3) is 5.91 Å². The number of carbonyl (C=O) groups excluding carboxylic acids is 1. The van der Waals surface area contributed by atoms with Crippen molar-refractivity contribution in [3.05, 3.63) is 10.7 Å². The summed E-state index contributed by atoms with van der Waals surface area (Å²) in [4.78, 5) is 11.8. The largest absolute Gasteiger partial charge is 0.477 e. The number of aromatic nitrogens is 2. The second kappa shape index (κ2) is 5.37. The topological polar surface area (TPSA) is 65.4 Å². The van der Waals surface area contributed by atoms with Crippen LogP contribution in [0.15, 0.2) is 0 Å². The third-order valence-electron chi connectivity index (χ3n) is 2.41. The van der Waals surface area contributed by atoms with Gasteiger partial charge in [0.2, 0.25) is 5.88 Å². The summed E-state index contributed by atoms with van der Waals surface area (Å²) in [6, 6.07) is 0. The maximum atomic E-state index is 11.8. The highest BCUT2D eigenvalue weighted by atomic mass is 35.5. The monoisotopic (exact) mass is 259 g/mol. The van der Waals surface area contributed by atoms with E-state index in [4.69, 9.17) is 21.1 Å². The van der Waals surface area contributed by atoms with E-state index in [1.165, 1.54) is 0 Å². The lowest BCUT2D eigenvalue weighted by molar-refractivity contribution is 0.0931. The average molecular weight is 260 g/mol. The number of aryl methyl sites for hydroxylation is 1. The summed E-state index contributed by atoms with van der Waals surface area (Å²) in [5, 5.41) is 7.08. The summed E-state index contributed by atoms with van der Waals surface area (Å²) in [5.74, 6) is 0.173. The van der Waals surface area contributed by atoms with Gasteiger partial charge < -0.3 is 14.8 Å². The molecule has 17 heavy (non-hydrogen) atoms. The van der Waals surface area contributed by atoms with Crippen molar-refractivity contribution in [2.75, 3.05) is 26.9 Å². The molecular weight excluding hydrogens is 246 g/mol. The molecule has 2 rings (SSSR count). The van der Waals surface area contributed by atoms with Gasteiger partial charge >= 0.3 is 0 Å². The van der Waals surface area contributed by atoms with Crippen molar-refractivity contribution in [3.63, 3.8) is 0 Å². The molecular formula is C10H14ClN3O3. The molecule has 1 amide bonds. The van der Waals surface area contributed by atoms with Gasteiger partial charge in [-0.3, -0.25) is 4.79 Å². The van der Waals surface area contributed by atoms with E-state index in [2.05, 4.69) is 10.4 Å². The normalized spacial score (nSPS) is 14.0. The van der Waals surface area contributed by atoms with Gasteiger partial charge in [-0.25, -0.2) is 4.68 Å². The molecule has 0 saturated heterocycles. The minimum Gasteiger partial charge on any atom is -0.477 e. The van der Waals surface area contributed by atoms with E-state index in [0.29, 0.717) is 25.6 Å². The Kier molecular flexibility index (Phi) is 3.86. The third kappa shape index (κ3) is 2.53. The second-order valence-corrected chi connectivity index (χ2v) is 4.02. The standard InChI is InChI=1S/C10H14ClN3O3/c1-16-6-3-12-9(15)8-7(11)10-14(13-8)4-2-5-17-10/h2-6H2,1H3,(H,12,15). The predicted octanol–water partition coefficient (Wildman–Crippen LogP) is 0.695. The van der Waals surface area contributed by atoms with Crippen molar-refractivity contribution in [2.24, 2.45) is 0 Å².